The van der Waals surface area contributed by atoms with Crippen LogP contribution >= 0.6 is 0 Å². The second kappa shape index (κ2) is 6.48. The van der Waals surface area contributed by atoms with Crippen molar-refractivity contribution in [3.8, 4) is 0 Å². The van der Waals surface area contributed by atoms with Crippen LogP contribution in [0.1, 0.15) is 43.0 Å². The second-order valence-electron chi connectivity index (χ2n) is 6.08. The summed E-state index contributed by atoms with van der Waals surface area (Å²) in [7, 11) is 0. The Labute approximate surface area is 126 Å². The van der Waals surface area contributed by atoms with Crippen molar-refractivity contribution >= 4 is 11.6 Å². The van der Waals surface area contributed by atoms with Crippen LogP contribution in [0.3, 0.4) is 0 Å². The molecule has 0 aliphatic carbocycles. The zero-order chi connectivity index (χ0) is 14.7. The van der Waals surface area contributed by atoms with Gasteiger partial charge in [-0.1, -0.05) is 12.5 Å². The molecular weight excluding hydrogens is 262 g/mol. The van der Waals surface area contributed by atoms with E-state index in [0.717, 1.165) is 11.3 Å². The fourth-order valence-corrected chi connectivity index (χ4v) is 3.64. The van der Waals surface area contributed by atoms with E-state index in [1.165, 1.54) is 38.8 Å². The number of piperidine rings is 1. The number of rotatable bonds is 4. The van der Waals surface area contributed by atoms with Crippen molar-refractivity contribution in [3.05, 3.63) is 29.8 Å². The average Bonchev–Trinajstić information content (AvgIpc) is 2.91. The van der Waals surface area contributed by atoms with E-state index < -0.39 is 0 Å². The molecule has 4 heteroatoms. The molecule has 0 bridgehead atoms. The molecule has 114 valence electrons. The van der Waals surface area contributed by atoms with E-state index in [4.69, 9.17) is 0 Å². The molecule has 2 fully saturated rings. The minimum Gasteiger partial charge on any atom is -0.381 e. The maximum atomic E-state index is 11.9. The second-order valence-corrected chi connectivity index (χ2v) is 6.08. The first-order valence-corrected chi connectivity index (χ1v) is 8.17. The Morgan fingerprint density at radius 3 is 3.05 bits per heavy atom. The van der Waals surface area contributed by atoms with Gasteiger partial charge in [0.1, 0.15) is 0 Å². The van der Waals surface area contributed by atoms with Crippen molar-refractivity contribution in [2.75, 3.05) is 25.0 Å². The molecule has 2 heterocycles. The summed E-state index contributed by atoms with van der Waals surface area (Å²) in [6.45, 7) is 5.06. The molecule has 0 aromatic heterocycles. The zero-order valence-corrected chi connectivity index (χ0v) is 12.8. The van der Waals surface area contributed by atoms with E-state index in [1.54, 1.807) is 0 Å². The van der Waals surface area contributed by atoms with E-state index in [2.05, 4.69) is 21.6 Å². The Balaban J connectivity index is 1.67. The van der Waals surface area contributed by atoms with E-state index in [-0.39, 0.29) is 5.91 Å². The summed E-state index contributed by atoms with van der Waals surface area (Å²) >= 11 is 0. The van der Waals surface area contributed by atoms with Gasteiger partial charge in [0, 0.05) is 36.4 Å². The SMILES string of the molecule is CCNC(=O)c1cccc(NC2CCN3CCCCC23)c1. The highest BCUT2D eigenvalue weighted by Crippen LogP contribution is 2.29. The molecule has 1 aromatic rings. The molecule has 1 aromatic carbocycles. The van der Waals surface area contributed by atoms with Gasteiger partial charge in [0.15, 0.2) is 0 Å². The van der Waals surface area contributed by atoms with Crippen molar-refractivity contribution in [1.82, 2.24) is 10.2 Å². The van der Waals surface area contributed by atoms with Gasteiger partial charge in [-0.15, -0.1) is 0 Å². The number of carbonyl (C=O) groups excluding carboxylic acids is 1. The number of hydrogen-bond acceptors (Lipinski definition) is 3. The molecule has 2 N–H and O–H groups in total. The van der Waals surface area contributed by atoms with Gasteiger partial charge in [-0.25, -0.2) is 0 Å². The Bertz CT molecular complexity index is 503. The molecule has 2 aliphatic rings. The number of nitrogens with one attached hydrogen (secondary N) is 2. The summed E-state index contributed by atoms with van der Waals surface area (Å²) in [5.74, 6) is 0.00636. The topological polar surface area (TPSA) is 44.4 Å². The van der Waals surface area contributed by atoms with E-state index >= 15 is 0 Å². The summed E-state index contributed by atoms with van der Waals surface area (Å²) < 4.78 is 0. The quantitative estimate of drug-likeness (QED) is 0.894. The number of nitrogens with zero attached hydrogens (tertiary/aromatic N) is 1. The van der Waals surface area contributed by atoms with Crippen LogP contribution in [-0.2, 0) is 0 Å². The van der Waals surface area contributed by atoms with Gasteiger partial charge in [0.05, 0.1) is 0 Å². The lowest BCUT2D eigenvalue weighted by Gasteiger charge is -2.33. The lowest BCUT2D eigenvalue weighted by molar-refractivity contribution is 0.0956. The number of fused-ring (bicyclic) bond motifs is 1. The van der Waals surface area contributed by atoms with Crippen LogP contribution in [0.15, 0.2) is 24.3 Å². The van der Waals surface area contributed by atoms with Crippen molar-refractivity contribution in [2.24, 2.45) is 0 Å². The van der Waals surface area contributed by atoms with Crippen LogP contribution < -0.4 is 10.6 Å². The molecule has 0 saturated carbocycles. The largest absolute Gasteiger partial charge is 0.381 e. The Morgan fingerprint density at radius 2 is 2.19 bits per heavy atom. The fraction of sp³-hybridized carbons (Fsp3) is 0.588. The van der Waals surface area contributed by atoms with Gasteiger partial charge < -0.3 is 10.6 Å². The van der Waals surface area contributed by atoms with E-state index in [0.29, 0.717) is 18.6 Å². The van der Waals surface area contributed by atoms with Gasteiger partial charge in [-0.2, -0.15) is 0 Å². The standard InChI is InChI=1S/C17H25N3O/c1-2-18-17(21)13-6-5-7-14(12-13)19-15-9-11-20-10-4-3-8-16(15)20/h5-7,12,15-16,19H,2-4,8-11H2,1H3,(H,18,21). The van der Waals surface area contributed by atoms with Crippen LogP contribution in [0, 0.1) is 0 Å². The van der Waals surface area contributed by atoms with Gasteiger partial charge in [-0.05, 0) is 50.9 Å². The first-order valence-electron chi connectivity index (χ1n) is 8.17. The smallest absolute Gasteiger partial charge is 0.251 e. The van der Waals surface area contributed by atoms with Crippen LogP contribution in [0.5, 0.6) is 0 Å². The van der Waals surface area contributed by atoms with Crippen LogP contribution in [-0.4, -0.2) is 42.5 Å². The van der Waals surface area contributed by atoms with Crippen molar-refractivity contribution in [1.29, 1.82) is 0 Å². The first kappa shape index (κ1) is 14.4. The molecule has 2 atom stereocenters. The summed E-state index contributed by atoms with van der Waals surface area (Å²) in [6.07, 6.45) is 5.19. The minimum atomic E-state index is 0.00636. The highest BCUT2D eigenvalue weighted by molar-refractivity contribution is 5.95. The highest BCUT2D eigenvalue weighted by atomic mass is 16.1. The molecule has 21 heavy (non-hydrogen) atoms. The Morgan fingerprint density at radius 1 is 1.29 bits per heavy atom. The first-order chi connectivity index (χ1) is 10.3. The lowest BCUT2D eigenvalue weighted by Crippen LogP contribution is -2.41. The average molecular weight is 287 g/mol. The highest BCUT2D eigenvalue weighted by Gasteiger charge is 2.35. The molecular formula is C17H25N3O. The third-order valence-electron chi connectivity index (χ3n) is 4.67. The molecule has 2 saturated heterocycles. The Hall–Kier alpha value is -1.55. The molecule has 2 unspecified atom stereocenters. The number of benzene rings is 1. The minimum absolute atomic E-state index is 0.00636. The number of carbonyl (C=O) groups is 1. The zero-order valence-electron chi connectivity index (χ0n) is 12.8. The van der Waals surface area contributed by atoms with Gasteiger partial charge in [0.2, 0.25) is 0 Å². The molecule has 1 amide bonds. The van der Waals surface area contributed by atoms with Crippen molar-refractivity contribution in [2.45, 2.75) is 44.7 Å². The molecule has 0 spiro atoms. The van der Waals surface area contributed by atoms with Crippen LogP contribution in [0.25, 0.3) is 0 Å². The summed E-state index contributed by atoms with van der Waals surface area (Å²) in [5.41, 5.74) is 1.80. The van der Waals surface area contributed by atoms with Gasteiger partial charge >= 0.3 is 0 Å². The molecule has 4 nitrogen and oxygen atoms in total. The predicted molar refractivity (Wildman–Crippen MR) is 85.7 cm³/mol. The summed E-state index contributed by atoms with van der Waals surface area (Å²) in [5, 5.41) is 6.51. The third-order valence-corrected chi connectivity index (χ3v) is 4.67. The maximum absolute atomic E-state index is 11.9. The predicted octanol–water partition coefficient (Wildman–Crippen LogP) is 2.48. The normalized spacial score (nSPS) is 25.4. The van der Waals surface area contributed by atoms with E-state index in [1.807, 2.05) is 25.1 Å². The lowest BCUT2D eigenvalue weighted by atomic mass is 9.99. The number of hydrogen-bond donors (Lipinski definition) is 2. The summed E-state index contributed by atoms with van der Waals surface area (Å²) in [4.78, 5) is 14.5. The van der Waals surface area contributed by atoms with Crippen LogP contribution in [0.2, 0.25) is 0 Å². The third kappa shape index (κ3) is 3.21. The molecule has 2 aliphatic heterocycles. The maximum Gasteiger partial charge on any atom is 0.251 e. The number of amides is 1. The van der Waals surface area contributed by atoms with Crippen molar-refractivity contribution in [3.63, 3.8) is 0 Å². The fourth-order valence-electron chi connectivity index (χ4n) is 3.64. The van der Waals surface area contributed by atoms with E-state index in [9.17, 15) is 4.79 Å². The molecule has 3 rings (SSSR count). The van der Waals surface area contributed by atoms with Gasteiger partial charge in [0.25, 0.3) is 5.91 Å². The van der Waals surface area contributed by atoms with Gasteiger partial charge in [-0.3, -0.25) is 9.69 Å². The van der Waals surface area contributed by atoms with Crippen molar-refractivity contribution < 1.29 is 4.79 Å². The van der Waals surface area contributed by atoms with Crippen LogP contribution in [0.4, 0.5) is 5.69 Å². The summed E-state index contributed by atoms with van der Waals surface area (Å²) in [6, 6.07) is 9.06. The number of anilines is 1. The monoisotopic (exact) mass is 287 g/mol. The Kier molecular flexibility index (Phi) is 4.44. The molecule has 0 radical (unpaired) electrons.